The largest absolute Gasteiger partial charge is 0.371 e. The van der Waals surface area contributed by atoms with Gasteiger partial charge in [0, 0.05) is 30.4 Å². The minimum absolute atomic E-state index is 0.0968. The highest BCUT2D eigenvalue weighted by atomic mass is 16.5. The Balaban J connectivity index is 1.62. The maximum atomic E-state index is 6.04. The molecule has 4 nitrogen and oxygen atoms in total. The lowest BCUT2D eigenvalue weighted by Crippen LogP contribution is -2.02. The fourth-order valence-corrected chi connectivity index (χ4v) is 3.97. The van der Waals surface area contributed by atoms with Crippen LogP contribution in [0.15, 0.2) is 54.7 Å². The Kier molecular flexibility index (Phi) is 3.80. The first-order valence-electron chi connectivity index (χ1n) is 9.29. The monoisotopic (exact) mass is 355 g/mol. The van der Waals surface area contributed by atoms with E-state index in [1.807, 2.05) is 13.2 Å². The second-order valence-corrected chi connectivity index (χ2v) is 7.17. The van der Waals surface area contributed by atoms with Crippen LogP contribution in [0.25, 0.3) is 21.8 Å². The normalized spacial score (nSPS) is 16.0. The van der Waals surface area contributed by atoms with Crippen molar-refractivity contribution in [3.05, 3.63) is 77.0 Å². The number of pyridine rings is 2. The van der Waals surface area contributed by atoms with Crippen molar-refractivity contribution in [3.8, 4) is 0 Å². The van der Waals surface area contributed by atoms with Gasteiger partial charge in [0.05, 0.1) is 18.2 Å². The van der Waals surface area contributed by atoms with Gasteiger partial charge in [0.1, 0.15) is 5.52 Å². The molecule has 0 spiro atoms. The summed E-state index contributed by atoms with van der Waals surface area (Å²) in [7, 11) is 1.89. The van der Waals surface area contributed by atoms with Crippen LogP contribution in [0.3, 0.4) is 0 Å². The van der Waals surface area contributed by atoms with E-state index in [0.29, 0.717) is 6.61 Å². The van der Waals surface area contributed by atoms with E-state index >= 15 is 0 Å². The average molecular weight is 355 g/mol. The molecule has 0 saturated carbocycles. The molecule has 2 aromatic heterocycles. The van der Waals surface area contributed by atoms with Gasteiger partial charge in [-0.25, -0.2) is 4.98 Å². The second kappa shape index (κ2) is 6.32. The number of aryl methyl sites for hydroxylation is 1. The van der Waals surface area contributed by atoms with Crippen LogP contribution in [0.5, 0.6) is 0 Å². The molecule has 0 fully saturated rings. The van der Waals surface area contributed by atoms with Crippen molar-refractivity contribution in [1.29, 1.82) is 0 Å². The van der Waals surface area contributed by atoms with E-state index in [2.05, 4.69) is 60.8 Å². The number of benzene rings is 2. The zero-order valence-corrected chi connectivity index (χ0v) is 15.5. The molecular weight excluding hydrogens is 334 g/mol. The quantitative estimate of drug-likeness (QED) is 0.528. The molecule has 2 aromatic carbocycles. The van der Waals surface area contributed by atoms with Crippen molar-refractivity contribution in [3.63, 3.8) is 0 Å². The number of nitrogens with zero attached hydrogens (tertiary/aromatic N) is 2. The predicted octanol–water partition coefficient (Wildman–Crippen LogP) is 4.95. The molecule has 1 aliphatic heterocycles. The average Bonchev–Trinajstić information content (AvgIpc) is 3.10. The molecule has 1 atom stereocenters. The van der Waals surface area contributed by atoms with Gasteiger partial charge in [-0.15, -0.1) is 0 Å². The highest BCUT2D eigenvalue weighted by Crippen LogP contribution is 2.34. The van der Waals surface area contributed by atoms with Gasteiger partial charge in [0.15, 0.2) is 5.82 Å². The van der Waals surface area contributed by atoms with Crippen molar-refractivity contribution in [1.82, 2.24) is 9.97 Å². The Hall–Kier alpha value is -2.98. The summed E-state index contributed by atoms with van der Waals surface area (Å²) in [6.45, 7) is 2.78. The summed E-state index contributed by atoms with van der Waals surface area (Å²) < 4.78 is 6.04. The van der Waals surface area contributed by atoms with Crippen molar-refractivity contribution in [2.45, 2.75) is 26.1 Å². The van der Waals surface area contributed by atoms with Gasteiger partial charge in [-0.05, 0) is 41.3 Å². The molecule has 1 unspecified atom stereocenters. The maximum absolute atomic E-state index is 6.04. The van der Waals surface area contributed by atoms with Crippen LogP contribution in [0.4, 0.5) is 5.82 Å². The number of aromatic nitrogens is 2. The lowest BCUT2D eigenvalue weighted by molar-refractivity contribution is 0.0665. The molecule has 0 saturated heterocycles. The van der Waals surface area contributed by atoms with Crippen LogP contribution in [0.1, 0.15) is 28.4 Å². The summed E-state index contributed by atoms with van der Waals surface area (Å²) in [5.41, 5.74) is 6.87. The third-order valence-electron chi connectivity index (χ3n) is 5.34. The van der Waals surface area contributed by atoms with Crippen LogP contribution in [0, 0.1) is 6.92 Å². The van der Waals surface area contributed by atoms with E-state index in [9.17, 15) is 0 Å². The van der Waals surface area contributed by atoms with Crippen LogP contribution >= 0.6 is 0 Å². The predicted molar refractivity (Wildman–Crippen MR) is 109 cm³/mol. The molecule has 1 aliphatic rings. The van der Waals surface area contributed by atoms with Gasteiger partial charge in [-0.2, -0.15) is 0 Å². The third kappa shape index (κ3) is 2.73. The van der Waals surface area contributed by atoms with E-state index in [0.717, 1.165) is 34.0 Å². The lowest BCUT2D eigenvalue weighted by Gasteiger charge is -2.13. The number of anilines is 1. The summed E-state index contributed by atoms with van der Waals surface area (Å²) in [5.74, 6) is 0.817. The van der Waals surface area contributed by atoms with Crippen molar-refractivity contribution in [2.24, 2.45) is 0 Å². The number of nitrogens with one attached hydrogen (secondary N) is 1. The summed E-state index contributed by atoms with van der Waals surface area (Å²) in [5, 5.41) is 5.46. The SMILES string of the molecule is CNc1nc2cc(C)ccc2c2cc(CC3OCc4ccccc43)cnc12. The van der Waals surface area contributed by atoms with Crippen LogP contribution < -0.4 is 5.32 Å². The van der Waals surface area contributed by atoms with E-state index in [1.165, 1.54) is 22.3 Å². The third-order valence-corrected chi connectivity index (χ3v) is 5.34. The molecule has 3 heterocycles. The molecule has 0 aliphatic carbocycles. The van der Waals surface area contributed by atoms with E-state index in [-0.39, 0.29) is 6.10 Å². The molecule has 0 amide bonds. The Morgan fingerprint density at radius 1 is 1.11 bits per heavy atom. The fraction of sp³-hybridized carbons (Fsp3) is 0.217. The number of hydrogen-bond donors (Lipinski definition) is 1. The zero-order chi connectivity index (χ0) is 18.4. The lowest BCUT2D eigenvalue weighted by atomic mass is 9.99. The van der Waals surface area contributed by atoms with Crippen molar-refractivity contribution in [2.75, 3.05) is 12.4 Å². The highest BCUT2D eigenvalue weighted by molar-refractivity contribution is 6.08. The van der Waals surface area contributed by atoms with Crippen LogP contribution in [0.2, 0.25) is 0 Å². The van der Waals surface area contributed by atoms with Crippen molar-refractivity contribution >= 4 is 27.6 Å². The topological polar surface area (TPSA) is 47.0 Å². The standard InChI is InChI=1S/C23H21N3O/c1-14-7-8-18-19-10-15(11-21-17-6-4-3-5-16(17)13-27-21)12-25-22(19)23(24-2)26-20(18)9-14/h3-10,12,21H,11,13H2,1-2H3,(H,24,26). The molecule has 4 heteroatoms. The molecule has 1 N–H and O–H groups in total. The first-order chi connectivity index (χ1) is 13.2. The van der Waals surface area contributed by atoms with E-state index in [1.54, 1.807) is 0 Å². The van der Waals surface area contributed by atoms with Gasteiger partial charge >= 0.3 is 0 Å². The first kappa shape index (κ1) is 16.2. The minimum atomic E-state index is 0.0968. The van der Waals surface area contributed by atoms with Gasteiger partial charge in [-0.3, -0.25) is 4.98 Å². The Bertz CT molecular complexity index is 1170. The fourth-order valence-electron chi connectivity index (χ4n) is 3.97. The Labute approximate surface area is 158 Å². The van der Waals surface area contributed by atoms with Crippen molar-refractivity contribution < 1.29 is 4.74 Å². The summed E-state index contributed by atoms with van der Waals surface area (Å²) >= 11 is 0. The van der Waals surface area contributed by atoms with Gasteiger partial charge in [0.2, 0.25) is 0 Å². The summed E-state index contributed by atoms with van der Waals surface area (Å²) in [4.78, 5) is 9.49. The zero-order valence-electron chi connectivity index (χ0n) is 15.5. The first-order valence-corrected chi connectivity index (χ1v) is 9.29. The Morgan fingerprint density at radius 3 is 2.89 bits per heavy atom. The number of rotatable bonds is 3. The Morgan fingerprint density at radius 2 is 2.00 bits per heavy atom. The molecule has 5 rings (SSSR count). The van der Waals surface area contributed by atoms with Gasteiger partial charge in [0.25, 0.3) is 0 Å². The number of fused-ring (bicyclic) bond motifs is 4. The maximum Gasteiger partial charge on any atom is 0.153 e. The van der Waals surface area contributed by atoms with E-state index in [4.69, 9.17) is 14.7 Å². The second-order valence-electron chi connectivity index (χ2n) is 7.17. The molecule has 0 radical (unpaired) electrons. The van der Waals surface area contributed by atoms with Crippen LogP contribution in [-0.4, -0.2) is 17.0 Å². The van der Waals surface area contributed by atoms with Gasteiger partial charge < -0.3 is 10.1 Å². The highest BCUT2D eigenvalue weighted by Gasteiger charge is 2.23. The number of ether oxygens (including phenoxy) is 1. The molecule has 4 aromatic rings. The molecule has 0 bridgehead atoms. The number of hydrogen-bond acceptors (Lipinski definition) is 4. The minimum Gasteiger partial charge on any atom is -0.371 e. The molecule has 27 heavy (non-hydrogen) atoms. The molecular formula is C23H21N3O. The smallest absolute Gasteiger partial charge is 0.153 e. The van der Waals surface area contributed by atoms with Crippen LogP contribution in [-0.2, 0) is 17.8 Å². The van der Waals surface area contributed by atoms with Gasteiger partial charge in [-0.1, -0.05) is 36.4 Å². The summed E-state index contributed by atoms with van der Waals surface area (Å²) in [6, 6.07) is 17.1. The summed E-state index contributed by atoms with van der Waals surface area (Å²) in [6.07, 6.45) is 2.87. The van der Waals surface area contributed by atoms with E-state index < -0.39 is 0 Å². The molecule has 134 valence electrons.